The minimum absolute atomic E-state index is 0.380. The van der Waals surface area contributed by atoms with Gasteiger partial charge in [-0.05, 0) is 101 Å². The summed E-state index contributed by atoms with van der Waals surface area (Å²) in [5.74, 6) is 0.999. The molecule has 9 aromatic carbocycles. The van der Waals surface area contributed by atoms with E-state index in [0.717, 1.165) is 89.2 Å². The van der Waals surface area contributed by atoms with Crippen LogP contribution in [-0.4, -0.2) is 24.5 Å². The largest absolute Gasteiger partial charge is 0.308 e. The Bertz CT molecular complexity index is 4140. The number of hydrogen-bond acceptors (Lipinski definition) is 8. The third-order valence-corrected chi connectivity index (χ3v) is 13.4. The van der Waals surface area contributed by atoms with E-state index in [0.29, 0.717) is 50.6 Å². The fourth-order valence-electron chi connectivity index (χ4n) is 9.75. The fourth-order valence-corrected chi connectivity index (χ4v) is 9.75. The van der Waals surface area contributed by atoms with Gasteiger partial charge in [0.05, 0.1) is 86.0 Å². The minimum atomic E-state index is 0.380. The summed E-state index contributed by atoms with van der Waals surface area (Å²) >= 11 is 0. The molecule has 0 amide bonds. The van der Waals surface area contributed by atoms with Crippen LogP contribution in [0.4, 0.5) is 0 Å². The van der Waals surface area contributed by atoms with Crippen LogP contribution in [0.1, 0.15) is 22.3 Å². The predicted molar refractivity (Wildman–Crippen MR) is 294 cm³/mol. The molecule has 3 heterocycles. The zero-order chi connectivity index (χ0) is 50.8. The van der Waals surface area contributed by atoms with Crippen LogP contribution in [0, 0.1) is 45.3 Å². The Morgan fingerprint density at radius 3 is 1.07 bits per heavy atom. The van der Waals surface area contributed by atoms with Crippen molar-refractivity contribution >= 4 is 21.8 Å². The van der Waals surface area contributed by atoms with Crippen molar-refractivity contribution in [2.24, 2.45) is 0 Å². The van der Waals surface area contributed by atoms with E-state index in [4.69, 9.17) is 19.9 Å². The second-order valence-corrected chi connectivity index (χ2v) is 17.9. The second kappa shape index (κ2) is 19.2. The summed E-state index contributed by atoms with van der Waals surface area (Å²) in [6.07, 6.45) is 0. The quantitative estimate of drug-likeness (QED) is 0.139. The van der Waals surface area contributed by atoms with Crippen molar-refractivity contribution < 1.29 is 0 Å². The number of benzene rings is 9. The van der Waals surface area contributed by atoms with Gasteiger partial charge in [0.1, 0.15) is 0 Å². The van der Waals surface area contributed by atoms with E-state index in [1.165, 1.54) is 0 Å². The van der Waals surface area contributed by atoms with Crippen LogP contribution in [0.2, 0.25) is 0 Å². The molecule has 0 fully saturated rings. The van der Waals surface area contributed by atoms with Crippen LogP contribution in [0.15, 0.2) is 224 Å². The first kappa shape index (κ1) is 45.1. The molecule has 9 nitrogen and oxygen atoms in total. The van der Waals surface area contributed by atoms with Gasteiger partial charge in [0.25, 0.3) is 0 Å². The van der Waals surface area contributed by atoms with Crippen molar-refractivity contribution in [2.75, 3.05) is 0 Å². The third-order valence-electron chi connectivity index (χ3n) is 13.4. The Morgan fingerprint density at radius 1 is 0.293 bits per heavy atom. The number of nitrogens with zero attached hydrogens (tertiary/aromatic N) is 9. The molecule has 0 radical (unpaired) electrons. The summed E-state index contributed by atoms with van der Waals surface area (Å²) in [4.78, 5) is 21.3. The first-order valence-electron chi connectivity index (χ1n) is 24.1. The van der Waals surface area contributed by atoms with E-state index >= 15 is 0 Å². The SMILES string of the molecule is N#Cc1ccc(-c2ccc3c(c2)c2cc(-c4ccc(C#N)cc4C#N)ccc2n3-c2ccc(-c3nc(-c4ccccc4)cc(-c4ccccc4)n3)cc2-c2nc(-c3ccccc3)cc(-c3ccccc3)n2)c(C#N)c1. The zero-order valence-electron chi connectivity index (χ0n) is 39.9. The van der Waals surface area contributed by atoms with Gasteiger partial charge < -0.3 is 4.57 Å². The zero-order valence-corrected chi connectivity index (χ0v) is 39.9. The predicted octanol–water partition coefficient (Wildman–Crippen LogP) is 15.2. The lowest BCUT2D eigenvalue weighted by molar-refractivity contribution is 1.13. The molecule has 75 heavy (non-hydrogen) atoms. The second-order valence-electron chi connectivity index (χ2n) is 17.9. The minimum Gasteiger partial charge on any atom is -0.308 e. The maximum absolute atomic E-state index is 10.3. The van der Waals surface area contributed by atoms with Gasteiger partial charge in [-0.3, -0.25) is 0 Å². The van der Waals surface area contributed by atoms with Gasteiger partial charge in [0, 0.05) is 44.2 Å². The molecule has 12 rings (SSSR count). The Labute approximate surface area is 432 Å². The average molecular weight is 956 g/mol. The molecule has 0 spiro atoms. The standard InChI is InChI=1S/C66H37N9/c67-38-42-21-26-53(51(31-42)40-69)48-23-28-62-55(33-48)56-34-49(54-27-22-43(39-68)32-52(54)41-70)24-29-63(56)75(62)64-30-25-50(65-71-58(44-13-5-1-6-14-44)36-59(72-65)45-15-7-2-8-16-45)35-57(64)66-73-60(46-17-9-3-10-18-46)37-61(74-66)47-19-11-4-12-20-47/h1-37H. The van der Waals surface area contributed by atoms with Crippen molar-refractivity contribution in [1.29, 1.82) is 21.0 Å². The first-order valence-corrected chi connectivity index (χ1v) is 24.1. The van der Waals surface area contributed by atoms with Gasteiger partial charge in [-0.15, -0.1) is 0 Å². The molecule has 0 saturated heterocycles. The maximum Gasteiger partial charge on any atom is 0.162 e. The van der Waals surface area contributed by atoms with Crippen LogP contribution < -0.4 is 0 Å². The molecule has 3 aromatic heterocycles. The average Bonchev–Trinajstić information content (AvgIpc) is 3.88. The van der Waals surface area contributed by atoms with Gasteiger partial charge >= 0.3 is 0 Å². The molecular weight excluding hydrogens is 919 g/mol. The van der Waals surface area contributed by atoms with Crippen LogP contribution in [0.25, 0.3) is 118 Å². The van der Waals surface area contributed by atoms with E-state index in [1.54, 1.807) is 24.3 Å². The van der Waals surface area contributed by atoms with Crippen molar-refractivity contribution in [3.05, 3.63) is 247 Å². The molecule has 0 saturated carbocycles. The maximum atomic E-state index is 10.3. The van der Waals surface area contributed by atoms with Gasteiger partial charge in [0.2, 0.25) is 0 Å². The molecule has 0 aliphatic carbocycles. The molecular formula is C66H37N9. The van der Waals surface area contributed by atoms with Crippen molar-refractivity contribution in [2.45, 2.75) is 0 Å². The number of aromatic nitrogens is 5. The highest BCUT2D eigenvalue weighted by Crippen LogP contribution is 2.42. The summed E-state index contributed by atoms with van der Waals surface area (Å²) in [6.45, 7) is 0. The summed E-state index contributed by atoms with van der Waals surface area (Å²) in [6, 6.07) is 82.1. The Balaban J connectivity index is 1.16. The lowest BCUT2D eigenvalue weighted by atomic mass is 9.95. The van der Waals surface area contributed by atoms with Gasteiger partial charge in [0.15, 0.2) is 11.6 Å². The molecule has 0 unspecified atom stereocenters. The summed E-state index contributed by atoms with van der Waals surface area (Å²) < 4.78 is 2.21. The topological polar surface area (TPSA) is 152 Å². The van der Waals surface area contributed by atoms with Gasteiger partial charge in [-0.25, -0.2) is 19.9 Å². The Morgan fingerprint density at radius 2 is 0.680 bits per heavy atom. The van der Waals surface area contributed by atoms with Crippen LogP contribution in [0.3, 0.4) is 0 Å². The number of rotatable bonds is 9. The van der Waals surface area contributed by atoms with Gasteiger partial charge in [-0.1, -0.05) is 146 Å². The van der Waals surface area contributed by atoms with Gasteiger partial charge in [-0.2, -0.15) is 21.0 Å². The van der Waals surface area contributed by atoms with Crippen molar-refractivity contribution in [1.82, 2.24) is 24.5 Å². The summed E-state index contributed by atoms with van der Waals surface area (Å²) in [5.41, 5.74) is 15.2. The Hall–Kier alpha value is -11.1. The highest BCUT2D eigenvalue weighted by Gasteiger charge is 2.23. The van der Waals surface area contributed by atoms with Crippen LogP contribution >= 0.6 is 0 Å². The molecule has 9 heteroatoms. The molecule has 346 valence electrons. The summed E-state index contributed by atoms with van der Waals surface area (Å²) in [7, 11) is 0. The van der Waals surface area contributed by atoms with Crippen LogP contribution in [0.5, 0.6) is 0 Å². The fraction of sp³-hybridized carbons (Fsp3) is 0. The number of nitriles is 4. The van der Waals surface area contributed by atoms with Crippen molar-refractivity contribution in [3.8, 4) is 120 Å². The highest BCUT2D eigenvalue weighted by atomic mass is 15.0. The molecule has 0 N–H and O–H groups in total. The van der Waals surface area contributed by atoms with E-state index in [-0.39, 0.29) is 0 Å². The molecule has 0 aliphatic heterocycles. The van der Waals surface area contributed by atoms with E-state index in [2.05, 4.69) is 65.2 Å². The smallest absolute Gasteiger partial charge is 0.162 e. The number of fused-ring (bicyclic) bond motifs is 3. The Kier molecular flexibility index (Phi) is 11.6. The van der Waals surface area contributed by atoms with E-state index in [1.807, 2.05) is 164 Å². The van der Waals surface area contributed by atoms with Crippen LogP contribution in [-0.2, 0) is 0 Å². The van der Waals surface area contributed by atoms with E-state index < -0.39 is 0 Å². The lowest BCUT2D eigenvalue weighted by Crippen LogP contribution is -2.03. The van der Waals surface area contributed by atoms with E-state index in [9.17, 15) is 21.0 Å². The first-order chi connectivity index (χ1) is 37.0. The molecule has 0 bridgehead atoms. The lowest BCUT2D eigenvalue weighted by Gasteiger charge is -2.17. The third kappa shape index (κ3) is 8.48. The monoisotopic (exact) mass is 955 g/mol. The molecule has 12 aromatic rings. The molecule has 0 aliphatic rings. The summed E-state index contributed by atoms with van der Waals surface area (Å²) in [5, 5.41) is 41.8. The normalized spacial score (nSPS) is 10.9. The number of hydrogen-bond donors (Lipinski definition) is 0. The highest BCUT2D eigenvalue weighted by molar-refractivity contribution is 6.12. The van der Waals surface area contributed by atoms with Crippen molar-refractivity contribution in [3.63, 3.8) is 0 Å². The molecule has 0 atom stereocenters.